The van der Waals surface area contributed by atoms with Crippen molar-refractivity contribution in [1.82, 2.24) is 25.5 Å². The van der Waals surface area contributed by atoms with Crippen LogP contribution in [-0.4, -0.2) is 26.1 Å². The van der Waals surface area contributed by atoms with Gasteiger partial charge in [-0.15, -0.1) is 5.10 Å². The number of amides is 1. The second kappa shape index (κ2) is 6.08. The number of aryl methyl sites for hydroxylation is 1. The molecule has 0 fully saturated rings. The molecule has 2 rings (SSSR count). The van der Waals surface area contributed by atoms with Gasteiger partial charge in [0.2, 0.25) is 5.91 Å². The number of tetrazole rings is 1. The van der Waals surface area contributed by atoms with Crippen molar-refractivity contribution >= 4 is 5.91 Å². The molecule has 6 nitrogen and oxygen atoms in total. The van der Waals surface area contributed by atoms with Crippen LogP contribution in [0.5, 0.6) is 0 Å². The normalized spacial score (nSPS) is 12.1. The van der Waals surface area contributed by atoms with Gasteiger partial charge in [0.1, 0.15) is 12.9 Å². The summed E-state index contributed by atoms with van der Waals surface area (Å²) in [6, 6.07) is 8.20. The molecule has 0 bridgehead atoms. The topological polar surface area (TPSA) is 72.7 Å². The van der Waals surface area contributed by atoms with Crippen LogP contribution in [-0.2, 0) is 11.3 Å². The molecule has 0 saturated carbocycles. The molecular weight excluding hydrogens is 242 g/mol. The van der Waals surface area contributed by atoms with Gasteiger partial charge in [0.15, 0.2) is 0 Å². The molecule has 1 heterocycles. The predicted molar refractivity (Wildman–Crippen MR) is 70.2 cm³/mol. The first-order valence-corrected chi connectivity index (χ1v) is 6.25. The van der Waals surface area contributed by atoms with Crippen molar-refractivity contribution in [2.45, 2.75) is 32.9 Å². The number of nitrogens with zero attached hydrogens (tertiary/aromatic N) is 4. The van der Waals surface area contributed by atoms with E-state index in [1.807, 2.05) is 38.1 Å². The first-order chi connectivity index (χ1) is 9.19. The lowest BCUT2D eigenvalue weighted by Gasteiger charge is -2.17. The molecule has 0 unspecified atom stereocenters. The lowest BCUT2D eigenvalue weighted by Crippen LogP contribution is -2.31. The third kappa shape index (κ3) is 3.61. The molecule has 1 aromatic heterocycles. The molecule has 1 amide bonds. The Bertz CT molecular complexity index is 520. The molecule has 1 aromatic carbocycles. The quantitative estimate of drug-likeness (QED) is 0.877. The average Bonchev–Trinajstić information content (AvgIpc) is 2.90. The maximum atomic E-state index is 11.9. The van der Waals surface area contributed by atoms with Crippen LogP contribution in [0.3, 0.4) is 0 Å². The van der Waals surface area contributed by atoms with Crippen LogP contribution in [0.15, 0.2) is 30.6 Å². The molecule has 100 valence electrons. The highest BCUT2D eigenvalue weighted by Gasteiger charge is 2.13. The van der Waals surface area contributed by atoms with Crippen LogP contribution in [0.4, 0.5) is 0 Å². The fraction of sp³-hybridized carbons (Fsp3) is 0.385. The number of benzene rings is 1. The van der Waals surface area contributed by atoms with E-state index < -0.39 is 0 Å². The smallest absolute Gasteiger partial charge is 0.242 e. The van der Waals surface area contributed by atoms with Crippen molar-refractivity contribution in [3.05, 3.63) is 41.7 Å². The summed E-state index contributed by atoms with van der Waals surface area (Å²) in [5.74, 6) is -0.0975. The summed E-state index contributed by atoms with van der Waals surface area (Å²) in [6.07, 6.45) is 2.26. The maximum absolute atomic E-state index is 11.9. The third-order valence-electron chi connectivity index (χ3n) is 2.92. The minimum Gasteiger partial charge on any atom is -0.348 e. The number of carbonyl (C=O) groups excluding carboxylic acids is 1. The monoisotopic (exact) mass is 259 g/mol. The van der Waals surface area contributed by atoms with E-state index >= 15 is 0 Å². The molecule has 6 heteroatoms. The first kappa shape index (κ1) is 13.2. The molecule has 0 aliphatic carbocycles. The van der Waals surface area contributed by atoms with Gasteiger partial charge in [0.25, 0.3) is 0 Å². The fourth-order valence-electron chi connectivity index (χ4n) is 1.86. The van der Waals surface area contributed by atoms with E-state index in [4.69, 9.17) is 0 Å². The number of hydrogen-bond donors (Lipinski definition) is 1. The van der Waals surface area contributed by atoms with Crippen molar-refractivity contribution in [3.63, 3.8) is 0 Å². The van der Waals surface area contributed by atoms with E-state index in [1.54, 1.807) is 0 Å². The molecule has 2 aromatic rings. The van der Waals surface area contributed by atoms with Crippen LogP contribution in [0.25, 0.3) is 0 Å². The van der Waals surface area contributed by atoms with E-state index in [0.717, 1.165) is 12.0 Å². The molecule has 1 N–H and O–H groups in total. The van der Waals surface area contributed by atoms with Gasteiger partial charge >= 0.3 is 0 Å². The van der Waals surface area contributed by atoms with E-state index in [1.165, 1.54) is 16.6 Å². The van der Waals surface area contributed by atoms with Crippen molar-refractivity contribution in [2.24, 2.45) is 0 Å². The SMILES string of the molecule is CC[C@H](NC(=O)Cn1cnnn1)c1ccc(C)cc1. The molecular formula is C13H17N5O. The minimum absolute atomic E-state index is 0.0181. The van der Waals surface area contributed by atoms with Crippen molar-refractivity contribution in [3.8, 4) is 0 Å². The van der Waals surface area contributed by atoms with Gasteiger partial charge in [-0.3, -0.25) is 4.79 Å². The summed E-state index contributed by atoms with van der Waals surface area (Å²) < 4.78 is 1.40. The molecule has 0 aliphatic rings. The molecule has 0 radical (unpaired) electrons. The highest BCUT2D eigenvalue weighted by atomic mass is 16.2. The lowest BCUT2D eigenvalue weighted by atomic mass is 10.0. The number of nitrogens with one attached hydrogen (secondary N) is 1. The molecule has 0 saturated heterocycles. The predicted octanol–water partition coefficient (Wildman–Crippen LogP) is 1.25. The third-order valence-corrected chi connectivity index (χ3v) is 2.92. The summed E-state index contributed by atoms with van der Waals surface area (Å²) in [5, 5.41) is 13.6. The first-order valence-electron chi connectivity index (χ1n) is 6.25. The summed E-state index contributed by atoms with van der Waals surface area (Å²) in [7, 11) is 0. The minimum atomic E-state index is -0.0975. The van der Waals surface area contributed by atoms with E-state index in [-0.39, 0.29) is 18.5 Å². The highest BCUT2D eigenvalue weighted by Crippen LogP contribution is 2.16. The van der Waals surface area contributed by atoms with Crippen LogP contribution < -0.4 is 5.32 Å². The van der Waals surface area contributed by atoms with Crippen molar-refractivity contribution < 1.29 is 4.79 Å². The van der Waals surface area contributed by atoms with Gasteiger partial charge < -0.3 is 5.32 Å². The molecule has 0 spiro atoms. The van der Waals surface area contributed by atoms with Crippen molar-refractivity contribution in [1.29, 1.82) is 0 Å². The number of rotatable bonds is 5. The van der Waals surface area contributed by atoms with Crippen LogP contribution in [0, 0.1) is 6.92 Å². The van der Waals surface area contributed by atoms with Crippen LogP contribution in [0.2, 0.25) is 0 Å². The summed E-state index contributed by atoms with van der Waals surface area (Å²) >= 11 is 0. The van der Waals surface area contributed by atoms with Gasteiger partial charge in [0, 0.05) is 0 Å². The Morgan fingerprint density at radius 1 is 1.37 bits per heavy atom. The Labute approximate surface area is 111 Å². The Kier molecular flexibility index (Phi) is 4.22. The fourth-order valence-corrected chi connectivity index (χ4v) is 1.86. The molecule has 1 atom stereocenters. The number of hydrogen-bond acceptors (Lipinski definition) is 4. The average molecular weight is 259 g/mol. The van der Waals surface area contributed by atoms with Gasteiger partial charge in [-0.05, 0) is 29.3 Å². The molecule has 0 aliphatic heterocycles. The summed E-state index contributed by atoms with van der Waals surface area (Å²) in [6.45, 7) is 4.22. The Morgan fingerprint density at radius 2 is 2.11 bits per heavy atom. The standard InChI is InChI=1S/C13H17N5O/c1-3-12(11-6-4-10(2)5-7-11)15-13(19)8-18-9-14-16-17-18/h4-7,9,12H,3,8H2,1-2H3,(H,15,19)/t12-/m0/s1. The van der Waals surface area contributed by atoms with Gasteiger partial charge in [-0.25, -0.2) is 4.68 Å². The zero-order valence-corrected chi connectivity index (χ0v) is 11.1. The van der Waals surface area contributed by atoms with Gasteiger partial charge in [0.05, 0.1) is 6.04 Å². The Balaban J connectivity index is 1.98. The Hall–Kier alpha value is -2.24. The van der Waals surface area contributed by atoms with E-state index in [2.05, 4.69) is 20.8 Å². The van der Waals surface area contributed by atoms with Crippen LogP contribution >= 0.6 is 0 Å². The zero-order valence-electron chi connectivity index (χ0n) is 11.1. The van der Waals surface area contributed by atoms with Crippen LogP contribution in [0.1, 0.15) is 30.5 Å². The Morgan fingerprint density at radius 3 is 2.68 bits per heavy atom. The van der Waals surface area contributed by atoms with E-state index in [9.17, 15) is 4.79 Å². The zero-order chi connectivity index (χ0) is 13.7. The summed E-state index contributed by atoms with van der Waals surface area (Å²) in [5.41, 5.74) is 2.32. The second-order valence-corrected chi connectivity index (χ2v) is 4.45. The second-order valence-electron chi connectivity index (χ2n) is 4.45. The van der Waals surface area contributed by atoms with E-state index in [0.29, 0.717) is 0 Å². The van der Waals surface area contributed by atoms with Gasteiger partial charge in [-0.1, -0.05) is 36.8 Å². The number of aromatic nitrogens is 4. The molecule has 19 heavy (non-hydrogen) atoms. The lowest BCUT2D eigenvalue weighted by molar-refractivity contribution is -0.122. The highest BCUT2D eigenvalue weighted by molar-refractivity contribution is 5.76. The maximum Gasteiger partial charge on any atom is 0.242 e. The largest absolute Gasteiger partial charge is 0.348 e. The number of carbonyl (C=O) groups is 1. The summed E-state index contributed by atoms with van der Waals surface area (Å²) in [4.78, 5) is 11.9. The van der Waals surface area contributed by atoms with Crippen molar-refractivity contribution in [2.75, 3.05) is 0 Å². The van der Waals surface area contributed by atoms with Gasteiger partial charge in [-0.2, -0.15) is 0 Å².